The Balaban J connectivity index is 1.15. The van der Waals surface area contributed by atoms with Crippen LogP contribution in [-0.2, 0) is 24.8 Å². The minimum atomic E-state index is -3.56. The lowest BCUT2D eigenvalue weighted by Gasteiger charge is -2.22. The smallest absolute Gasteiger partial charge is 0.235 e. The zero-order valence-electron chi connectivity index (χ0n) is 22.6. The van der Waals surface area contributed by atoms with E-state index in [4.69, 9.17) is 14.2 Å². The number of benzene rings is 2. The molecular formula is C29H29N5O6S. The van der Waals surface area contributed by atoms with Crippen LogP contribution in [0.3, 0.4) is 0 Å². The molecule has 2 aromatic carbocycles. The van der Waals surface area contributed by atoms with Crippen molar-refractivity contribution >= 4 is 44.0 Å². The molecule has 1 aliphatic carbocycles. The second-order valence-electron chi connectivity index (χ2n) is 10.7. The number of H-pyrrole nitrogens is 1. The molecule has 2 atom stereocenters. The summed E-state index contributed by atoms with van der Waals surface area (Å²) in [6.07, 6.45) is 2.99. The number of hydrogen-bond acceptors (Lipinski definition) is 9. The Morgan fingerprint density at radius 1 is 1.05 bits per heavy atom. The number of amides is 1. The summed E-state index contributed by atoms with van der Waals surface area (Å²) in [5.41, 5.74) is 3.05. The lowest BCUT2D eigenvalue weighted by Crippen LogP contribution is -2.29. The summed E-state index contributed by atoms with van der Waals surface area (Å²) in [7, 11) is -0.466. The third-order valence-corrected chi connectivity index (χ3v) is 10.8. The van der Waals surface area contributed by atoms with Crippen LogP contribution in [0.1, 0.15) is 36.3 Å². The highest BCUT2D eigenvalue weighted by molar-refractivity contribution is 7.92. The SMILES string of the molecule is COc1ccc2c(c1)[C@]1(C[C@H]1c1ccc3c(Nc4ncc(S(=O)(=O)C5CCOCC5)cc4OC)n[nH]c3c1)C(=O)N2. The highest BCUT2D eigenvalue weighted by atomic mass is 32.2. The predicted octanol–water partition coefficient (Wildman–Crippen LogP) is 4.05. The molecule has 11 nitrogen and oxygen atoms in total. The van der Waals surface area contributed by atoms with Crippen LogP contribution in [0.5, 0.6) is 11.5 Å². The number of nitrogens with one attached hydrogen (secondary N) is 3. The van der Waals surface area contributed by atoms with Crippen LogP contribution in [0.2, 0.25) is 0 Å². The fourth-order valence-corrected chi connectivity index (χ4v) is 7.84. The molecule has 1 saturated heterocycles. The van der Waals surface area contributed by atoms with Crippen LogP contribution in [0.15, 0.2) is 53.6 Å². The van der Waals surface area contributed by atoms with Crippen molar-refractivity contribution in [1.82, 2.24) is 15.2 Å². The Labute approximate surface area is 236 Å². The molecule has 0 unspecified atom stereocenters. The van der Waals surface area contributed by atoms with E-state index in [0.29, 0.717) is 49.9 Å². The third-order valence-electron chi connectivity index (χ3n) is 8.53. The van der Waals surface area contributed by atoms with E-state index in [2.05, 4.69) is 25.8 Å². The van der Waals surface area contributed by atoms with Crippen molar-refractivity contribution in [2.75, 3.05) is 38.1 Å². The predicted molar refractivity (Wildman–Crippen MR) is 152 cm³/mol. The summed E-state index contributed by atoms with van der Waals surface area (Å²) in [6.45, 7) is 0.859. The van der Waals surface area contributed by atoms with Gasteiger partial charge in [-0.1, -0.05) is 6.07 Å². The molecule has 3 aliphatic rings. The molecule has 2 aliphatic heterocycles. The van der Waals surface area contributed by atoms with Gasteiger partial charge in [0.05, 0.1) is 35.3 Å². The molecule has 4 heterocycles. The normalized spacial score (nSPS) is 22.0. The fraction of sp³-hybridized carbons (Fsp3) is 0.345. The molecule has 7 rings (SSSR count). The van der Waals surface area contributed by atoms with Crippen molar-refractivity contribution in [3.8, 4) is 11.5 Å². The zero-order valence-corrected chi connectivity index (χ0v) is 23.4. The Morgan fingerprint density at radius 3 is 2.66 bits per heavy atom. The first-order chi connectivity index (χ1) is 19.8. The lowest BCUT2D eigenvalue weighted by molar-refractivity contribution is -0.118. The molecular weight excluding hydrogens is 546 g/mol. The number of pyridine rings is 1. The number of anilines is 3. The average Bonchev–Trinajstić information content (AvgIpc) is 3.55. The molecule has 41 heavy (non-hydrogen) atoms. The van der Waals surface area contributed by atoms with E-state index in [1.54, 1.807) is 7.11 Å². The van der Waals surface area contributed by atoms with Crippen molar-refractivity contribution < 1.29 is 27.4 Å². The molecule has 1 spiro atoms. The molecule has 0 bridgehead atoms. The van der Waals surface area contributed by atoms with Gasteiger partial charge in [-0.05, 0) is 60.7 Å². The molecule has 4 aromatic rings. The maximum Gasteiger partial charge on any atom is 0.235 e. The van der Waals surface area contributed by atoms with Crippen molar-refractivity contribution in [2.45, 2.75) is 40.7 Å². The van der Waals surface area contributed by atoms with Gasteiger partial charge in [-0.3, -0.25) is 9.89 Å². The second kappa shape index (κ2) is 9.45. The van der Waals surface area contributed by atoms with E-state index in [1.807, 2.05) is 36.4 Å². The highest BCUT2D eigenvalue weighted by Crippen LogP contribution is 2.65. The Morgan fingerprint density at radius 2 is 1.88 bits per heavy atom. The van der Waals surface area contributed by atoms with Gasteiger partial charge in [0.2, 0.25) is 5.91 Å². The first-order valence-corrected chi connectivity index (χ1v) is 15.0. The maximum atomic E-state index is 13.1. The number of fused-ring (bicyclic) bond motifs is 3. The van der Waals surface area contributed by atoms with E-state index < -0.39 is 20.5 Å². The quantitative estimate of drug-likeness (QED) is 0.297. The number of rotatable bonds is 7. The summed E-state index contributed by atoms with van der Waals surface area (Å²) >= 11 is 0. The molecule has 1 amide bonds. The minimum absolute atomic E-state index is 0.0123. The summed E-state index contributed by atoms with van der Waals surface area (Å²) in [6, 6.07) is 13.2. The largest absolute Gasteiger partial charge is 0.497 e. The zero-order chi connectivity index (χ0) is 28.4. The van der Waals surface area contributed by atoms with Gasteiger partial charge in [0.15, 0.2) is 27.2 Å². The molecule has 3 N–H and O–H groups in total. The number of aromatic nitrogens is 3. The number of sulfone groups is 1. The standard InChI is InChI=1S/C29H29N5O6S/c1-38-17-4-6-23-21(12-17)29(28(35)31-23)14-22(29)16-3-5-20-24(11-16)33-34-26(20)32-27-25(39-2)13-19(15-30-27)41(36,37)18-7-9-40-10-8-18/h3-6,11-13,15,18,22H,7-10,14H2,1-2H3,(H,31,35)(H2,30,32,33,34)/t22-,29-/m0/s1. The molecule has 2 aromatic heterocycles. The van der Waals surface area contributed by atoms with Crippen LogP contribution in [0.25, 0.3) is 10.9 Å². The van der Waals surface area contributed by atoms with Crippen LogP contribution in [0.4, 0.5) is 17.3 Å². The molecule has 212 valence electrons. The number of ether oxygens (including phenoxy) is 3. The van der Waals surface area contributed by atoms with Gasteiger partial charge in [-0.25, -0.2) is 13.4 Å². The Bertz CT molecular complexity index is 1800. The number of methoxy groups -OCH3 is 2. The van der Waals surface area contributed by atoms with Crippen LogP contribution < -0.4 is 20.1 Å². The second-order valence-corrected chi connectivity index (χ2v) is 12.9. The molecule has 1 saturated carbocycles. The summed E-state index contributed by atoms with van der Waals surface area (Å²) < 4.78 is 42.5. The molecule has 2 fully saturated rings. The van der Waals surface area contributed by atoms with Crippen LogP contribution in [0, 0.1) is 0 Å². The lowest BCUT2D eigenvalue weighted by atomic mass is 9.91. The van der Waals surface area contributed by atoms with Gasteiger partial charge in [0, 0.05) is 42.5 Å². The van der Waals surface area contributed by atoms with Gasteiger partial charge < -0.3 is 24.8 Å². The van der Waals surface area contributed by atoms with E-state index >= 15 is 0 Å². The topological polar surface area (TPSA) is 145 Å². The number of hydrogen-bond donors (Lipinski definition) is 3. The van der Waals surface area contributed by atoms with Gasteiger partial charge in [0.25, 0.3) is 0 Å². The summed E-state index contributed by atoms with van der Waals surface area (Å²) in [5.74, 6) is 1.95. The monoisotopic (exact) mass is 575 g/mol. The Hall–Kier alpha value is -4.16. The average molecular weight is 576 g/mol. The number of carbonyl (C=O) groups is 1. The van der Waals surface area contributed by atoms with E-state index in [9.17, 15) is 13.2 Å². The molecule has 12 heteroatoms. The number of nitrogens with zero attached hydrogens (tertiary/aromatic N) is 2. The fourth-order valence-electron chi connectivity index (χ4n) is 6.17. The maximum absolute atomic E-state index is 13.1. The van der Waals surface area contributed by atoms with Gasteiger partial charge >= 0.3 is 0 Å². The number of aromatic amines is 1. The van der Waals surface area contributed by atoms with E-state index in [0.717, 1.165) is 33.5 Å². The summed E-state index contributed by atoms with van der Waals surface area (Å²) in [4.78, 5) is 17.6. The van der Waals surface area contributed by atoms with Crippen molar-refractivity contribution in [3.63, 3.8) is 0 Å². The van der Waals surface area contributed by atoms with Gasteiger partial charge in [-0.15, -0.1) is 0 Å². The summed E-state index contributed by atoms with van der Waals surface area (Å²) in [5, 5.41) is 14.0. The van der Waals surface area contributed by atoms with Gasteiger partial charge in [-0.2, -0.15) is 5.10 Å². The first kappa shape index (κ1) is 25.8. The minimum Gasteiger partial charge on any atom is -0.497 e. The van der Waals surface area contributed by atoms with E-state index in [-0.39, 0.29) is 16.7 Å². The molecule has 0 radical (unpaired) electrons. The highest BCUT2D eigenvalue weighted by Gasteiger charge is 2.65. The van der Waals surface area contributed by atoms with Crippen molar-refractivity contribution in [3.05, 3.63) is 59.8 Å². The van der Waals surface area contributed by atoms with Crippen molar-refractivity contribution in [1.29, 1.82) is 0 Å². The van der Waals surface area contributed by atoms with Crippen LogP contribution in [-0.4, -0.2) is 62.2 Å². The van der Waals surface area contributed by atoms with Crippen LogP contribution >= 0.6 is 0 Å². The van der Waals surface area contributed by atoms with E-state index in [1.165, 1.54) is 19.4 Å². The third kappa shape index (κ3) is 4.04. The van der Waals surface area contributed by atoms with Crippen molar-refractivity contribution in [2.24, 2.45) is 0 Å². The van der Waals surface area contributed by atoms with Gasteiger partial charge in [0.1, 0.15) is 5.75 Å². The Kier molecular flexibility index (Phi) is 5.94. The first-order valence-electron chi connectivity index (χ1n) is 13.5. The number of carbonyl (C=O) groups excluding carboxylic acids is 1.